The first-order chi connectivity index (χ1) is 34.9. The van der Waals surface area contributed by atoms with E-state index < -0.39 is 24.7 Å². The lowest BCUT2D eigenvalue weighted by Gasteiger charge is -2.22. The zero-order valence-corrected chi connectivity index (χ0v) is 41.0. The number of carboxylic acid groups (broad SMARTS) is 1. The number of alkyl halides is 3. The Morgan fingerprint density at radius 2 is 1.11 bits per heavy atom. The Bertz CT molecular complexity index is 1870. The van der Waals surface area contributed by atoms with Crippen molar-refractivity contribution in [1.82, 2.24) is 20.3 Å². The van der Waals surface area contributed by atoms with Crippen LogP contribution in [0, 0.1) is 0 Å². The fourth-order valence-corrected chi connectivity index (χ4v) is 5.96. The van der Waals surface area contributed by atoms with Crippen molar-refractivity contribution in [2.45, 2.75) is 45.3 Å². The number of nitrogens with zero attached hydrogens (tertiary/aromatic N) is 4. The minimum absolute atomic E-state index is 0.0209. The fraction of sp³-hybridized carbons (Fsp3) is 0.660. The first-order valence-corrected chi connectivity index (χ1v) is 23.8. The number of hydrogen-bond donors (Lipinski definition) is 3. The van der Waals surface area contributed by atoms with Gasteiger partial charge < -0.3 is 68.3 Å². The number of fused-ring (bicyclic) bond motifs is 1. The molecule has 2 aromatic rings. The molecule has 22 nitrogen and oxygen atoms in total. The van der Waals surface area contributed by atoms with Crippen molar-refractivity contribution in [3.63, 3.8) is 0 Å². The van der Waals surface area contributed by atoms with E-state index in [1.165, 1.54) is 0 Å². The number of nitrogens with one attached hydrogen (secondary N) is 1. The van der Waals surface area contributed by atoms with Crippen molar-refractivity contribution in [3.05, 3.63) is 47.6 Å². The van der Waals surface area contributed by atoms with Gasteiger partial charge in [-0.05, 0) is 24.1 Å². The number of aromatic nitrogens is 2. The van der Waals surface area contributed by atoms with Crippen LogP contribution in [-0.2, 0) is 77.9 Å². The summed E-state index contributed by atoms with van der Waals surface area (Å²) in [6.45, 7) is 8.03. The van der Waals surface area contributed by atoms with Crippen LogP contribution in [0.2, 0.25) is 0 Å². The van der Waals surface area contributed by atoms with E-state index >= 15 is 0 Å². The van der Waals surface area contributed by atoms with Gasteiger partial charge in [-0.25, -0.2) is 20.0 Å². The number of carboxylic acids is 1. The maximum atomic E-state index is 13.4. The van der Waals surface area contributed by atoms with Crippen molar-refractivity contribution in [2.75, 3.05) is 159 Å². The fourth-order valence-electron chi connectivity index (χ4n) is 5.96. The van der Waals surface area contributed by atoms with E-state index in [0.29, 0.717) is 154 Å². The normalized spacial score (nSPS) is 12.6. The van der Waals surface area contributed by atoms with E-state index in [-0.39, 0.29) is 70.5 Å². The summed E-state index contributed by atoms with van der Waals surface area (Å²) in [4.78, 5) is 54.9. The summed E-state index contributed by atoms with van der Waals surface area (Å²) in [6, 6.07) is 5.40. The summed E-state index contributed by atoms with van der Waals surface area (Å²) < 4.78 is 96.0. The Labute approximate surface area is 417 Å². The van der Waals surface area contributed by atoms with Crippen LogP contribution in [0.5, 0.6) is 0 Å². The lowest BCUT2D eigenvalue weighted by Crippen LogP contribution is -2.35. The van der Waals surface area contributed by atoms with Gasteiger partial charge in [0.15, 0.2) is 0 Å². The summed E-state index contributed by atoms with van der Waals surface area (Å²) in [6.07, 6.45) is 1.16. The Morgan fingerprint density at radius 3 is 1.57 bits per heavy atom. The van der Waals surface area contributed by atoms with Gasteiger partial charge >= 0.3 is 12.1 Å². The first kappa shape index (κ1) is 61.5. The third kappa shape index (κ3) is 30.3. The van der Waals surface area contributed by atoms with Gasteiger partial charge in [0.25, 0.3) is 5.91 Å². The average molecular weight is 1030 g/mol. The largest absolute Gasteiger partial charge is 0.481 e. The van der Waals surface area contributed by atoms with Gasteiger partial charge in [-0.1, -0.05) is 19.1 Å². The Hall–Kier alpha value is -4.77. The molecular weight excluding hydrogens is 962 g/mol. The third-order valence-corrected chi connectivity index (χ3v) is 9.43. The number of carbonyl (C=O) groups excluding carboxylic acids is 2. The number of hydroxylamine groups is 2. The lowest BCUT2D eigenvalue weighted by molar-refractivity contribution is -0.201. The van der Waals surface area contributed by atoms with Crippen LogP contribution in [0.15, 0.2) is 41.2 Å². The highest BCUT2D eigenvalue weighted by Crippen LogP contribution is 2.32. The van der Waals surface area contributed by atoms with E-state index in [1.807, 2.05) is 13.0 Å². The number of benzene rings is 1. The van der Waals surface area contributed by atoms with Crippen LogP contribution in [-0.4, -0.2) is 208 Å². The minimum atomic E-state index is -4.46. The van der Waals surface area contributed by atoms with E-state index in [0.717, 1.165) is 10.6 Å². The molecule has 0 unspecified atom stereocenters. The van der Waals surface area contributed by atoms with Crippen molar-refractivity contribution in [1.29, 1.82) is 0 Å². The predicted octanol–water partition coefficient (Wildman–Crippen LogP) is 3.32. The highest BCUT2D eigenvalue weighted by Gasteiger charge is 2.28. The highest BCUT2D eigenvalue weighted by molar-refractivity contribution is 6.05. The smallest absolute Gasteiger partial charge is 0.411 e. The minimum Gasteiger partial charge on any atom is -0.481 e. The van der Waals surface area contributed by atoms with E-state index in [1.54, 1.807) is 30.6 Å². The monoisotopic (exact) mass is 1030 g/mol. The van der Waals surface area contributed by atoms with Gasteiger partial charge in [0.2, 0.25) is 5.91 Å². The molecule has 1 aromatic heterocycles. The second-order valence-corrected chi connectivity index (χ2v) is 15.3. The number of nitrogens with two attached hydrogens (primary N) is 1. The molecule has 25 heteroatoms. The molecule has 0 spiro atoms. The predicted molar refractivity (Wildman–Crippen MR) is 253 cm³/mol. The number of hydrogen-bond acceptors (Lipinski definition) is 19. The Balaban J connectivity index is 1.13. The van der Waals surface area contributed by atoms with Crippen LogP contribution in [0.3, 0.4) is 0 Å². The molecule has 0 bridgehead atoms. The molecule has 1 aromatic carbocycles. The number of rotatable bonds is 44. The summed E-state index contributed by atoms with van der Waals surface area (Å²) in [7, 11) is 0. The molecule has 3 rings (SSSR count). The van der Waals surface area contributed by atoms with Crippen molar-refractivity contribution < 1.29 is 89.6 Å². The second-order valence-electron chi connectivity index (χ2n) is 15.3. The van der Waals surface area contributed by atoms with Crippen LogP contribution in [0.25, 0.3) is 17.2 Å². The molecule has 72 heavy (non-hydrogen) atoms. The number of ether oxygens (including phenoxy) is 11. The maximum absolute atomic E-state index is 13.4. The van der Waals surface area contributed by atoms with Crippen LogP contribution in [0.4, 0.5) is 18.9 Å². The van der Waals surface area contributed by atoms with Crippen molar-refractivity contribution in [3.8, 4) is 11.1 Å². The maximum Gasteiger partial charge on any atom is 0.411 e. The topological polar surface area (TPSA) is 262 Å². The molecule has 2 amide bonds. The number of aliphatic carboxylic acids is 1. The quantitative estimate of drug-likeness (QED) is 0.0635. The first-order valence-electron chi connectivity index (χ1n) is 23.8. The average Bonchev–Trinajstić information content (AvgIpc) is 3.52. The Kier molecular flexibility index (Phi) is 33.2. The second kappa shape index (κ2) is 38.8. The molecular formula is C47H71F3N6O16. The van der Waals surface area contributed by atoms with Gasteiger partial charge in [-0.3, -0.25) is 19.2 Å². The highest BCUT2D eigenvalue weighted by atomic mass is 19.4. The lowest BCUT2D eigenvalue weighted by atomic mass is 10.0. The van der Waals surface area contributed by atoms with Gasteiger partial charge in [0.05, 0.1) is 164 Å². The Morgan fingerprint density at radius 1 is 0.653 bits per heavy atom. The SMILES string of the molecule is CCCN(OCCOCC(F)(F)F)C(=O)C1=Cc2ccc(-c3cnc(CNC(=O)CCOCCOCCOCCOCCOCCOCCOCCOCCOCCOCCC(=O)O)nc3)cc2N=C(N)C1. The molecule has 0 atom stereocenters. The van der Waals surface area contributed by atoms with Gasteiger partial charge in [-0.15, -0.1) is 0 Å². The third-order valence-electron chi connectivity index (χ3n) is 9.43. The van der Waals surface area contributed by atoms with Crippen LogP contribution < -0.4 is 11.1 Å². The molecule has 1 aliphatic rings. The molecule has 4 N–H and O–H groups in total. The summed E-state index contributed by atoms with van der Waals surface area (Å²) in [5, 5.41) is 12.4. The van der Waals surface area contributed by atoms with Crippen molar-refractivity contribution >= 4 is 35.4 Å². The van der Waals surface area contributed by atoms with E-state index in [9.17, 15) is 27.6 Å². The summed E-state index contributed by atoms with van der Waals surface area (Å²) in [5.74, 6) is -0.994. The van der Waals surface area contributed by atoms with E-state index in [4.69, 9.17) is 63.0 Å². The number of aliphatic imine (C=N–C) groups is 1. The number of amidine groups is 1. The summed E-state index contributed by atoms with van der Waals surface area (Å²) >= 11 is 0. The molecule has 0 saturated heterocycles. The van der Waals surface area contributed by atoms with Crippen LogP contribution >= 0.6 is 0 Å². The zero-order chi connectivity index (χ0) is 51.9. The van der Waals surface area contributed by atoms with Crippen LogP contribution in [0.1, 0.15) is 44.0 Å². The molecule has 2 heterocycles. The molecule has 1 aliphatic heterocycles. The molecule has 0 saturated carbocycles. The van der Waals surface area contributed by atoms with Gasteiger partial charge in [-0.2, -0.15) is 13.2 Å². The molecule has 0 fully saturated rings. The number of halogens is 3. The van der Waals surface area contributed by atoms with Crippen molar-refractivity contribution in [2.24, 2.45) is 10.7 Å². The zero-order valence-electron chi connectivity index (χ0n) is 41.0. The summed E-state index contributed by atoms with van der Waals surface area (Å²) in [5.41, 5.74) is 9.08. The number of carbonyl (C=O) groups is 3. The molecule has 406 valence electrons. The standard InChI is InChI=1S/C47H71F3N6O16/c1-2-7-56(72-29-28-71-36-47(48,49)50)46(60)39-30-38-4-3-37(31-41(38)55-42(51)32-39)40-33-52-43(53-34-40)35-54-44(57)5-8-61-10-12-63-14-16-65-18-20-67-22-24-69-26-27-70-25-23-68-21-19-66-17-15-64-13-11-62-9-6-45(58)59/h3-4,30-31,33-34H,2,5-29,32,35-36H2,1H3,(H2,51,55)(H,54,57)(H,58,59). The van der Waals surface area contributed by atoms with E-state index in [2.05, 4.69) is 25.0 Å². The number of amides is 2. The van der Waals surface area contributed by atoms with Gasteiger partial charge in [0, 0.05) is 48.5 Å². The van der Waals surface area contributed by atoms with Gasteiger partial charge in [0.1, 0.15) is 18.3 Å². The molecule has 0 aliphatic carbocycles. The molecule has 0 radical (unpaired) electrons.